The molecule has 1 fully saturated rings. The lowest BCUT2D eigenvalue weighted by molar-refractivity contribution is -0.0794. The quantitative estimate of drug-likeness (QED) is 0.827. The first kappa shape index (κ1) is 11.3. The first-order valence-corrected chi connectivity index (χ1v) is 5.40. The summed E-state index contributed by atoms with van der Waals surface area (Å²) < 4.78 is 25.3. The Morgan fingerprint density at radius 1 is 1.56 bits per heavy atom. The van der Waals surface area contributed by atoms with E-state index < -0.39 is 5.92 Å². The number of anilines is 1. The summed E-state index contributed by atoms with van der Waals surface area (Å²) in [4.78, 5) is 8.14. The molecular weight excluding hydrogens is 232 g/mol. The van der Waals surface area contributed by atoms with Crippen LogP contribution in [0.4, 0.5) is 14.6 Å². The van der Waals surface area contributed by atoms with Crippen LogP contribution in [0.2, 0.25) is 0 Å². The summed E-state index contributed by atoms with van der Waals surface area (Å²) in [5.74, 6) is -1.39. The summed E-state index contributed by atoms with van der Waals surface area (Å²) in [6, 6.07) is -0.224. The molecule has 1 aliphatic rings. The van der Waals surface area contributed by atoms with Crippen LogP contribution in [-0.4, -0.2) is 27.3 Å². The zero-order valence-electron chi connectivity index (χ0n) is 8.70. The molecule has 0 spiro atoms. The molecule has 1 aromatic heterocycles. The van der Waals surface area contributed by atoms with Crippen LogP contribution in [0, 0.1) is 6.92 Å². The van der Waals surface area contributed by atoms with E-state index in [1.54, 1.807) is 13.1 Å². The maximum Gasteiger partial charge on any atom is 0.252 e. The zero-order valence-corrected chi connectivity index (χ0v) is 9.52. The van der Waals surface area contributed by atoms with Gasteiger partial charge in [0.2, 0.25) is 0 Å². The Morgan fingerprint density at radius 2 is 2.25 bits per heavy atom. The number of rotatable bonds is 3. The molecule has 1 heterocycles. The van der Waals surface area contributed by atoms with E-state index >= 15 is 0 Å². The van der Waals surface area contributed by atoms with Crippen molar-refractivity contribution in [1.29, 1.82) is 0 Å². The summed E-state index contributed by atoms with van der Waals surface area (Å²) in [6.45, 7) is 1.74. The molecule has 16 heavy (non-hydrogen) atoms. The van der Waals surface area contributed by atoms with Crippen molar-refractivity contribution in [2.45, 2.75) is 31.7 Å². The number of thiocarbonyl (C=S) groups is 1. The van der Waals surface area contributed by atoms with Gasteiger partial charge in [0, 0.05) is 36.0 Å². The van der Waals surface area contributed by atoms with Gasteiger partial charge in [0.1, 0.15) is 11.6 Å². The van der Waals surface area contributed by atoms with Gasteiger partial charge >= 0.3 is 0 Å². The molecule has 0 amide bonds. The highest BCUT2D eigenvalue weighted by Gasteiger charge is 2.45. The highest BCUT2D eigenvalue weighted by atomic mass is 32.1. The summed E-state index contributed by atoms with van der Waals surface area (Å²) in [5.41, 5.74) is 0.663. The standard InChI is InChI=1S/C10H11F2N3S/c1-6-13-4-7(5-16)9(14-6)15-8-2-10(11,12)3-8/h4-5,8H,2-3H2,1H3,(H,13,14,15). The van der Waals surface area contributed by atoms with Crippen molar-refractivity contribution in [2.75, 3.05) is 5.32 Å². The third kappa shape index (κ3) is 2.32. The van der Waals surface area contributed by atoms with Crippen LogP contribution in [0.5, 0.6) is 0 Å². The Hall–Kier alpha value is -1.17. The minimum atomic E-state index is -2.53. The van der Waals surface area contributed by atoms with Crippen molar-refractivity contribution in [2.24, 2.45) is 0 Å². The van der Waals surface area contributed by atoms with Crippen molar-refractivity contribution in [1.82, 2.24) is 9.97 Å². The summed E-state index contributed by atoms with van der Waals surface area (Å²) in [7, 11) is 0. The molecule has 0 radical (unpaired) electrons. The van der Waals surface area contributed by atoms with Crippen molar-refractivity contribution in [3.8, 4) is 0 Å². The van der Waals surface area contributed by atoms with Crippen molar-refractivity contribution in [3.05, 3.63) is 17.6 Å². The van der Waals surface area contributed by atoms with Crippen LogP contribution in [0.15, 0.2) is 6.20 Å². The summed E-state index contributed by atoms with van der Waals surface area (Å²) >= 11 is 4.81. The molecule has 0 bridgehead atoms. The van der Waals surface area contributed by atoms with Crippen LogP contribution in [0.3, 0.4) is 0 Å². The van der Waals surface area contributed by atoms with Gasteiger partial charge in [-0.05, 0) is 6.92 Å². The molecule has 0 saturated heterocycles. The highest BCUT2D eigenvalue weighted by molar-refractivity contribution is 7.79. The number of halogens is 2. The number of hydrogen-bond acceptors (Lipinski definition) is 4. The topological polar surface area (TPSA) is 37.8 Å². The van der Waals surface area contributed by atoms with Crippen molar-refractivity contribution in [3.63, 3.8) is 0 Å². The Bertz CT molecular complexity index is 415. The first-order valence-electron chi connectivity index (χ1n) is 4.93. The molecule has 3 nitrogen and oxygen atoms in total. The maximum atomic E-state index is 12.7. The van der Waals surface area contributed by atoms with E-state index in [-0.39, 0.29) is 18.9 Å². The number of alkyl halides is 2. The third-order valence-electron chi connectivity index (χ3n) is 2.50. The second-order valence-corrected chi connectivity index (χ2v) is 4.18. The molecule has 6 heteroatoms. The minimum absolute atomic E-state index is 0.146. The van der Waals surface area contributed by atoms with Crippen molar-refractivity contribution < 1.29 is 8.78 Å². The molecule has 0 aliphatic heterocycles. The van der Waals surface area contributed by atoms with E-state index in [0.717, 1.165) is 0 Å². The predicted molar refractivity (Wildman–Crippen MR) is 61.1 cm³/mol. The Balaban J connectivity index is 2.09. The lowest BCUT2D eigenvalue weighted by Crippen LogP contribution is -2.44. The summed E-state index contributed by atoms with van der Waals surface area (Å²) in [6.07, 6.45) is 1.30. The zero-order chi connectivity index (χ0) is 11.8. The van der Waals surface area contributed by atoms with E-state index in [4.69, 9.17) is 12.2 Å². The van der Waals surface area contributed by atoms with Gasteiger partial charge in [-0.1, -0.05) is 12.2 Å². The molecule has 1 aliphatic carbocycles. The molecule has 1 N–H and O–H groups in total. The molecule has 1 aromatic rings. The SMILES string of the molecule is Cc1ncc(C=S)c(NC2CC(F)(F)C2)n1. The van der Waals surface area contributed by atoms with Crippen LogP contribution in [0.25, 0.3) is 0 Å². The van der Waals surface area contributed by atoms with E-state index in [1.807, 2.05) is 0 Å². The van der Waals surface area contributed by atoms with Gasteiger partial charge < -0.3 is 5.32 Å². The number of aromatic nitrogens is 2. The van der Waals surface area contributed by atoms with Crippen molar-refractivity contribution >= 4 is 23.4 Å². The first-order chi connectivity index (χ1) is 7.50. The van der Waals surface area contributed by atoms with E-state index in [0.29, 0.717) is 17.2 Å². The molecule has 0 atom stereocenters. The molecule has 1 saturated carbocycles. The van der Waals surface area contributed by atoms with Gasteiger partial charge in [-0.15, -0.1) is 0 Å². The average Bonchev–Trinajstić information content (AvgIpc) is 2.15. The number of nitrogens with one attached hydrogen (secondary N) is 1. The molecule has 2 rings (SSSR count). The highest BCUT2D eigenvalue weighted by Crippen LogP contribution is 2.39. The van der Waals surface area contributed by atoms with Crippen LogP contribution < -0.4 is 5.32 Å². The van der Waals surface area contributed by atoms with E-state index in [9.17, 15) is 8.78 Å². The summed E-state index contributed by atoms with van der Waals surface area (Å²) in [5, 5.41) is 4.41. The predicted octanol–water partition coefficient (Wildman–Crippen LogP) is 2.34. The van der Waals surface area contributed by atoms with Gasteiger partial charge in [0.15, 0.2) is 0 Å². The third-order valence-corrected chi connectivity index (χ3v) is 2.75. The lowest BCUT2D eigenvalue weighted by Gasteiger charge is -2.35. The second kappa shape index (κ2) is 4.01. The normalized spacial score (nSPS) is 18.9. The van der Waals surface area contributed by atoms with Gasteiger partial charge in [-0.25, -0.2) is 18.7 Å². The van der Waals surface area contributed by atoms with Gasteiger partial charge in [0.05, 0.1) is 0 Å². The van der Waals surface area contributed by atoms with Gasteiger partial charge in [0.25, 0.3) is 5.92 Å². The molecule has 86 valence electrons. The fourth-order valence-corrected chi connectivity index (χ4v) is 1.81. The van der Waals surface area contributed by atoms with E-state index in [2.05, 4.69) is 15.3 Å². The maximum absolute atomic E-state index is 12.7. The monoisotopic (exact) mass is 243 g/mol. The Labute approximate surface area is 97.3 Å². The largest absolute Gasteiger partial charge is 0.366 e. The number of hydrogen-bond donors (Lipinski definition) is 1. The second-order valence-electron chi connectivity index (χ2n) is 3.94. The van der Waals surface area contributed by atoms with Gasteiger partial charge in [-0.2, -0.15) is 0 Å². The van der Waals surface area contributed by atoms with Crippen LogP contribution >= 0.6 is 12.2 Å². The smallest absolute Gasteiger partial charge is 0.252 e. The van der Waals surface area contributed by atoms with Crippen LogP contribution in [-0.2, 0) is 0 Å². The average molecular weight is 243 g/mol. The fraction of sp³-hybridized carbons (Fsp3) is 0.500. The van der Waals surface area contributed by atoms with Crippen LogP contribution in [0.1, 0.15) is 24.2 Å². The van der Waals surface area contributed by atoms with Gasteiger partial charge in [-0.3, -0.25) is 0 Å². The van der Waals surface area contributed by atoms with E-state index in [1.165, 1.54) is 5.37 Å². The molecular formula is C10H11F2N3S. The minimum Gasteiger partial charge on any atom is -0.366 e. The lowest BCUT2D eigenvalue weighted by atomic mass is 9.88. The number of nitrogens with zero attached hydrogens (tertiary/aromatic N) is 2. The number of aryl methyl sites for hydroxylation is 1. The Morgan fingerprint density at radius 3 is 2.81 bits per heavy atom. The Kier molecular flexibility index (Phi) is 2.84. The fourth-order valence-electron chi connectivity index (χ4n) is 1.64. The molecule has 0 aromatic carbocycles. The molecule has 0 unspecified atom stereocenters.